The number of hydrogen-bond donors (Lipinski definition) is 0. The molecule has 0 amide bonds. The molecular weight excluding hydrogens is 693 g/mol. The summed E-state index contributed by atoms with van der Waals surface area (Å²) in [6.45, 7) is 2.03. The Labute approximate surface area is 331 Å². The lowest BCUT2D eigenvalue weighted by Gasteiger charge is -2.13. The van der Waals surface area contributed by atoms with E-state index in [1.54, 1.807) is 0 Å². The summed E-state index contributed by atoms with van der Waals surface area (Å²) in [6, 6.07) is 69.9. The quantitative estimate of drug-likeness (QED) is 0.153. The van der Waals surface area contributed by atoms with Crippen LogP contribution in [0.5, 0.6) is 0 Å². The SMILES string of the molecule is Cc1ccc2ccc3c(-c4ccccc4)cc(-c4ccc(-c5cccc(-c6cc(-c7ccc(-c8ccccc8)cc7)nc(-c7ccccc7)n6)c5)cc4)nc3c2n1. The van der Waals surface area contributed by atoms with Crippen molar-refractivity contribution >= 4 is 21.8 Å². The summed E-state index contributed by atoms with van der Waals surface area (Å²) in [5.74, 6) is 0.695. The summed E-state index contributed by atoms with van der Waals surface area (Å²) >= 11 is 0. The minimum absolute atomic E-state index is 0.695. The molecule has 4 nitrogen and oxygen atoms in total. The Morgan fingerprint density at radius 3 is 1.46 bits per heavy atom. The van der Waals surface area contributed by atoms with Gasteiger partial charge in [0.1, 0.15) is 0 Å². The van der Waals surface area contributed by atoms with Gasteiger partial charge in [-0.1, -0.05) is 176 Å². The molecule has 0 aliphatic rings. The van der Waals surface area contributed by atoms with E-state index in [0.29, 0.717) is 5.82 Å². The molecule has 0 saturated heterocycles. The first kappa shape index (κ1) is 34.0. The fraction of sp³-hybridized carbons (Fsp3) is 0.0189. The molecule has 0 N–H and O–H groups in total. The van der Waals surface area contributed by atoms with Gasteiger partial charge in [-0.3, -0.25) is 4.98 Å². The third kappa shape index (κ3) is 6.75. The first-order valence-corrected chi connectivity index (χ1v) is 19.2. The van der Waals surface area contributed by atoms with Crippen LogP contribution in [-0.2, 0) is 0 Å². The number of rotatable bonds is 7. The van der Waals surface area contributed by atoms with Gasteiger partial charge in [-0.25, -0.2) is 15.0 Å². The molecule has 3 heterocycles. The van der Waals surface area contributed by atoms with Crippen LogP contribution in [0.4, 0.5) is 0 Å². The molecule has 57 heavy (non-hydrogen) atoms. The number of aryl methyl sites for hydroxylation is 1. The predicted molar refractivity (Wildman–Crippen MR) is 235 cm³/mol. The van der Waals surface area contributed by atoms with Crippen molar-refractivity contribution in [2.24, 2.45) is 0 Å². The average Bonchev–Trinajstić information content (AvgIpc) is 3.29. The molecule has 4 heteroatoms. The highest BCUT2D eigenvalue weighted by Crippen LogP contribution is 2.36. The highest BCUT2D eigenvalue weighted by Gasteiger charge is 2.15. The van der Waals surface area contributed by atoms with Crippen molar-refractivity contribution in [2.75, 3.05) is 0 Å². The standard InChI is InChI=1S/C53H36N4/c1-35-20-21-42-30-31-46-47(39-14-7-3-8-15-39)33-48(55-52(46)51(42)54-35)40-28-24-38(25-29-40)44-18-11-19-45(32-44)50-34-49(56-53(57-50)43-16-9-4-10-17-43)41-26-22-37(23-27-41)36-12-5-2-6-13-36/h2-34H,1H3. The normalized spacial score (nSPS) is 11.2. The fourth-order valence-corrected chi connectivity index (χ4v) is 7.59. The second-order valence-corrected chi connectivity index (χ2v) is 14.3. The topological polar surface area (TPSA) is 51.6 Å². The second kappa shape index (κ2) is 14.6. The zero-order valence-electron chi connectivity index (χ0n) is 31.3. The summed E-state index contributed by atoms with van der Waals surface area (Å²) in [5, 5.41) is 2.18. The van der Waals surface area contributed by atoms with E-state index in [1.807, 2.05) is 31.2 Å². The van der Waals surface area contributed by atoms with Crippen LogP contribution in [0.25, 0.3) is 100 Å². The highest BCUT2D eigenvalue weighted by molar-refractivity contribution is 6.09. The van der Waals surface area contributed by atoms with E-state index in [1.165, 1.54) is 11.1 Å². The van der Waals surface area contributed by atoms with Crippen molar-refractivity contribution in [1.82, 2.24) is 19.9 Å². The molecule has 0 saturated carbocycles. The van der Waals surface area contributed by atoms with Crippen molar-refractivity contribution in [2.45, 2.75) is 6.92 Å². The first-order valence-electron chi connectivity index (χ1n) is 19.2. The maximum Gasteiger partial charge on any atom is 0.160 e. The third-order valence-corrected chi connectivity index (χ3v) is 10.6. The Hall–Kier alpha value is -7.56. The third-order valence-electron chi connectivity index (χ3n) is 10.6. The Bertz CT molecular complexity index is 3030. The van der Waals surface area contributed by atoms with Gasteiger partial charge in [-0.15, -0.1) is 0 Å². The van der Waals surface area contributed by atoms with Crippen LogP contribution in [0.15, 0.2) is 200 Å². The van der Waals surface area contributed by atoms with Gasteiger partial charge in [0.05, 0.1) is 28.1 Å². The molecule has 0 spiro atoms. The average molecular weight is 729 g/mol. The van der Waals surface area contributed by atoms with E-state index in [9.17, 15) is 0 Å². The van der Waals surface area contributed by atoms with Crippen LogP contribution >= 0.6 is 0 Å². The Kier molecular flexibility index (Phi) is 8.69. The monoisotopic (exact) mass is 728 g/mol. The molecule has 0 aliphatic carbocycles. The molecule has 0 aliphatic heterocycles. The van der Waals surface area contributed by atoms with E-state index < -0.39 is 0 Å². The van der Waals surface area contributed by atoms with Gasteiger partial charge >= 0.3 is 0 Å². The maximum absolute atomic E-state index is 5.27. The van der Waals surface area contributed by atoms with Crippen molar-refractivity contribution in [1.29, 1.82) is 0 Å². The van der Waals surface area contributed by atoms with E-state index in [2.05, 4.69) is 176 Å². The molecule has 3 aromatic heterocycles. The zero-order valence-corrected chi connectivity index (χ0v) is 31.3. The number of nitrogens with zero attached hydrogens (tertiary/aromatic N) is 4. The summed E-state index contributed by atoms with van der Waals surface area (Å²) in [4.78, 5) is 20.4. The van der Waals surface area contributed by atoms with Crippen LogP contribution in [0.3, 0.4) is 0 Å². The van der Waals surface area contributed by atoms with E-state index >= 15 is 0 Å². The smallest absolute Gasteiger partial charge is 0.160 e. The number of pyridine rings is 2. The molecule has 7 aromatic carbocycles. The van der Waals surface area contributed by atoms with Crippen LogP contribution in [0, 0.1) is 6.92 Å². The van der Waals surface area contributed by atoms with Crippen molar-refractivity contribution in [3.8, 4) is 78.5 Å². The maximum atomic E-state index is 5.27. The summed E-state index contributed by atoms with van der Waals surface area (Å²) in [6.07, 6.45) is 0. The van der Waals surface area contributed by atoms with Crippen LogP contribution < -0.4 is 0 Å². The van der Waals surface area contributed by atoms with E-state index in [0.717, 1.165) is 89.1 Å². The molecule has 0 atom stereocenters. The summed E-state index contributed by atoms with van der Waals surface area (Å²) in [7, 11) is 0. The number of hydrogen-bond acceptors (Lipinski definition) is 4. The van der Waals surface area contributed by atoms with E-state index in [-0.39, 0.29) is 0 Å². The molecular formula is C53H36N4. The van der Waals surface area contributed by atoms with Crippen molar-refractivity contribution in [3.05, 3.63) is 206 Å². The summed E-state index contributed by atoms with van der Waals surface area (Å²) in [5.41, 5.74) is 16.4. The lowest BCUT2D eigenvalue weighted by molar-refractivity contribution is 1.18. The lowest BCUT2D eigenvalue weighted by Crippen LogP contribution is -1.96. The van der Waals surface area contributed by atoms with Gasteiger partial charge in [0.15, 0.2) is 5.82 Å². The first-order chi connectivity index (χ1) is 28.1. The van der Waals surface area contributed by atoms with Gasteiger partial charge in [-0.05, 0) is 64.6 Å². The van der Waals surface area contributed by atoms with Gasteiger partial charge in [0.25, 0.3) is 0 Å². The Balaban J connectivity index is 1.02. The molecule has 10 aromatic rings. The molecule has 268 valence electrons. The minimum atomic E-state index is 0.695. The van der Waals surface area contributed by atoms with Crippen molar-refractivity contribution < 1.29 is 0 Å². The van der Waals surface area contributed by atoms with Crippen LogP contribution in [0.2, 0.25) is 0 Å². The van der Waals surface area contributed by atoms with Crippen molar-refractivity contribution in [3.63, 3.8) is 0 Å². The highest BCUT2D eigenvalue weighted by atomic mass is 14.9. The fourth-order valence-electron chi connectivity index (χ4n) is 7.59. The molecule has 10 rings (SSSR count). The summed E-state index contributed by atoms with van der Waals surface area (Å²) < 4.78 is 0. The predicted octanol–water partition coefficient (Wildman–Crippen LogP) is 13.6. The van der Waals surface area contributed by atoms with Gasteiger partial charge in [0, 0.05) is 38.7 Å². The number of benzene rings is 7. The van der Waals surface area contributed by atoms with E-state index in [4.69, 9.17) is 19.9 Å². The molecule has 0 bridgehead atoms. The van der Waals surface area contributed by atoms with Crippen LogP contribution in [0.1, 0.15) is 5.69 Å². The van der Waals surface area contributed by atoms with Gasteiger partial charge in [-0.2, -0.15) is 0 Å². The zero-order chi connectivity index (χ0) is 38.1. The number of aromatic nitrogens is 4. The largest absolute Gasteiger partial charge is 0.251 e. The van der Waals surface area contributed by atoms with Gasteiger partial charge in [0.2, 0.25) is 0 Å². The minimum Gasteiger partial charge on any atom is -0.251 e. The second-order valence-electron chi connectivity index (χ2n) is 14.3. The lowest BCUT2D eigenvalue weighted by atomic mass is 9.96. The molecule has 0 unspecified atom stereocenters. The Morgan fingerprint density at radius 1 is 0.298 bits per heavy atom. The molecule has 0 radical (unpaired) electrons. The molecule has 0 fully saturated rings. The van der Waals surface area contributed by atoms with Crippen LogP contribution in [-0.4, -0.2) is 19.9 Å². The Morgan fingerprint density at radius 2 is 0.789 bits per heavy atom. The number of fused-ring (bicyclic) bond motifs is 3. The van der Waals surface area contributed by atoms with Gasteiger partial charge < -0.3 is 0 Å².